The molecule has 0 aromatic heterocycles. The topological polar surface area (TPSA) is 26.0 Å². The lowest BCUT2D eigenvalue weighted by Crippen LogP contribution is -1.93. The van der Waals surface area contributed by atoms with Gasteiger partial charge in [-0.15, -0.1) is 5.70 Å². The van der Waals surface area contributed by atoms with Gasteiger partial charge in [-0.25, -0.2) is 0 Å². The molecule has 0 bridgehead atoms. The van der Waals surface area contributed by atoms with Crippen LogP contribution in [-0.2, 0) is 0 Å². The van der Waals surface area contributed by atoms with Crippen LogP contribution in [0.3, 0.4) is 0 Å². The standard InChI is InChI=1S/C7H17NSi/c1-2-3-6-9-7-4-5-8/h4,7H,2-3,5-6,8-9H2,1H3. The molecule has 0 unspecified atom stereocenters. The van der Waals surface area contributed by atoms with Crippen LogP contribution in [0.4, 0.5) is 0 Å². The first-order valence-corrected chi connectivity index (χ1v) is 5.58. The second kappa shape index (κ2) is 7.92. The van der Waals surface area contributed by atoms with Crippen molar-refractivity contribution in [2.45, 2.75) is 25.8 Å². The van der Waals surface area contributed by atoms with Crippen LogP contribution < -0.4 is 5.73 Å². The summed E-state index contributed by atoms with van der Waals surface area (Å²) >= 11 is 0. The Morgan fingerprint density at radius 2 is 2.33 bits per heavy atom. The molecule has 0 heterocycles. The highest BCUT2D eigenvalue weighted by Gasteiger charge is 1.80. The summed E-state index contributed by atoms with van der Waals surface area (Å²) in [5.74, 6) is 0. The molecule has 0 saturated heterocycles. The van der Waals surface area contributed by atoms with Crippen molar-refractivity contribution in [2.24, 2.45) is 5.73 Å². The average molecular weight is 143 g/mol. The zero-order valence-electron chi connectivity index (χ0n) is 6.27. The van der Waals surface area contributed by atoms with Gasteiger partial charge in [0.2, 0.25) is 0 Å². The zero-order chi connectivity index (χ0) is 6.95. The lowest BCUT2D eigenvalue weighted by Gasteiger charge is -1.88. The van der Waals surface area contributed by atoms with Crippen LogP contribution in [-0.4, -0.2) is 16.1 Å². The Morgan fingerprint density at radius 3 is 2.89 bits per heavy atom. The Labute approximate surface area is 60.2 Å². The average Bonchev–Trinajstić information content (AvgIpc) is 1.89. The van der Waals surface area contributed by atoms with E-state index in [4.69, 9.17) is 5.73 Å². The third kappa shape index (κ3) is 7.92. The van der Waals surface area contributed by atoms with Crippen molar-refractivity contribution in [1.29, 1.82) is 0 Å². The van der Waals surface area contributed by atoms with E-state index < -0.39 is 0 Å². The van der Waals surface area contributed by atoms with Gasteiger partial charge in [0, 0.05) is 16.1 Å². The lowest BCUT2D eigenvalue weighted by atomic mass is 10.4. The van der Waals surface area contributed by atoms with Crippen molar-refractivity contribution >= 4 is 9.52 Å². The van der Waals surface area contributed by atoms with Gasteiger partial charge in [0.25, 0.3) is 0 Å². The summed E-state index contributed by atoms with van der Waals surface area (Å²) in [6, 6.07) is 1.45. The van der Waals surface area contributed by atoms with E-state index in [2.05, 4.69) is 18.7 Å². The smallest absolute Gasteiger partial charge is 0.0450 e. The highest BCUT2D eigenvalue weighted by Crippen LogP contribution is 1.92. The summed E-state index contributed by atoms with van der Waals surface area (Å²) in [7, 11) is 0.129. The first kappa shape index (κ1) is 8.92. The molecule has 0 aromatic carbocycles. The van der Waals surface area contributed by atoms with E-state index in [9.17, 15) is 0 Å². The molecule has 9 heavy (non-hydrogen) atoms. The number of hydrogen-bond acceptors (Lipinski definition) is 1. The van der Waals surface area contributed by atoms with E-state index in [0.29, 0.717) is 0 Å². The quantitative estimate of drug-likeness (QED) is 0.448. The fourth-order valence-electron chi connectivity index (χ4n) is 0.726. The van der Waals surface area contributed by atoms with Crippen LogP contribution >= 0.6 is 0 Å². The van der Waals surface area contributed by atoms with Crippen LogP contribution in [0.1, 0.15) is 19.8 Å². The molecule has 0 saturated carbocycles. The number of unbranched alkanes of at least 4 members (excludes halogenated alkanes) is 1. The van der Waals surface area contributed by atoms with Crippen LogP contribution in [0, 0.1) is 0 Å². The minimum Gasteiger partial charge on any atom is -0.327 e. The van der Waals surface area contributed by atoms with Gasteiger partial charge in [-0.1, -0.05) is 31.9 Å². The number of rotatable bonds is 5. The minimum atomic E-state index is 0.129. The van der Waals surface area contributed by atoms with Gasteiger partial charge in [0.1, 0.15) is 0 Å². The molecule has 54 valence electrons. The Balaban J connectivity index is 2.82. The molecule has 2 N–H and O–H groups in total. The summed E-state index contributed by atoms with van der Waals surface area (Å²) in [6.07, 6.45) is 4.83. The Morgan fingerprint density at radius 1 is 1.56 bits per heavy atom. The largest absolute Gasteiger partial charge is 0.327 e. The SMILES string of the molecule is CCCC[SiH2]C=CCN. The van der Waals surface area contributed by atoms with Crippen LogP contribution in [0.15, 0.2) is 11.8 Å². The number of nitrogens with two attached hydrogens (primary N) is 1. The number of hydrogen-bond donors (Lipinski definition) is 1. The van der Waals surface area contributed by atoms with Crippen molar-refractivity contribution in [2.75, 3.05) is 6.54 Å². The molecule has 2 heteroatoms. The highest BCUT2D eigenvalue weighted by molar-refractivity contribution is 6.41. The maximum absolute atomic E-state index is 5.28. The molecular weight excluding hydrogens is 126 g/mol. The van der Waals surface area contributed by atoms with E-state index >= 15 is 0 Å². The third-order valence-electron chi connectivity index (χ3n) is 1.28. The monoisotopic (exact) mass is 143 g/mol. The lowest BCUT2D eigenvalue weighted by molar-refractivity contribution is 0.881. The molecule has 0 aromatic rings. The molecule has 1 nitrogen and oxygen atoms in total. The maximum Gasteiger partial charge on any atom is 0.0450 e. The summed E-state index contributed by atoms with van der Waals surface area (Å²) in [4.78, 5) is 0. The first-order valence-electron chi connectivity index (χ1n) is 3.77. The maximum atomic E-state index is 5.28. The van der Waals surface area contributed by atoms with Crippen LogP contribution in [0.2, 0.25) is 6.04 Å². The predicted molar refractivity (Wildman–Crippen MR) is 46.5 cm³/mol. The van der Waals surface area contributed by atoms with Gasteiger partial charge < -0.3 is 5.73 Å². The van der Waals surface area contributed by atoms with Gasteiger partial charge in [0.05, 0.1) is 0 Å². The summed E-state index contributed by atoms with van der Waals surface area (Å²) in [6.45, 7) is 2.96. The van der Waals surface area contributed by atoms with Crippen LogP contribution in [0.5, 0.6) is 0 Å². The fraction of sp³-hybridized carbons (Fsp3) is 0.714. The van der Waals surface area contributed by atoms with Gasteiger partial charge in [-0.05, 0) is 0 Å². The first-order chi connectivity index (χ1) is 4.41. The van der Waals surface area contributed by atoms with Crippen molar-refractivity contribution in [3.05, 3.63) is 11.8 Å². The second-order valence-electron chi connectivity index (χ2n) is 2.20. The van der Waals surface area contributed by atoms with Crippen LogP contribution in [0.25, 0.3) is 0 Å². The summed E-state index contributed by atoms with van der Waals surface area (Å²) in [5, 5.41) is 0. The Bertz CT molecular complexity index is 71.3. The van der Waals surface area contributed by atoms with Gasteiger partial charge in [0.15, 0.2) is 0 Å². The predicted octanol–water partition coefficient (Wildman–Crippen LogP) is 0.846. The molecule has 0 amide bonds. The molecular formula is C7H17NSi. The third-order valence-corrected chi connectivity index (χ3v) is 2.85. The summed E-state index contributed by atoms with van der Waals surface area (Å²) in [5.41, 5.74) is 7.58. The zero-order valence-corrected chi connectivity index (χ0v) is 7.68. The molecule has 0 rings (SSSR count). The fourth-order valence-corrected chi connectivity index (χ4v) is 2.18. The molecule has 0 aliphatic rings. The molecule has 0 aliphatic heterocycles. The van der Waals surface area contributed by atoms with Crippen molar-refractivity contribution in [3.8, 4) is 0 Å². The van der Waals surface area contributed by atoms with E-state index in [0.717, 1.165) is 6.54 Å². The van der Waals surface area contributed by atoms with Crippen molar-refractivity contribution in [3.63, 3.8) is 0 Å². The van der Waals surface area contributed by atoms with E-state index in [1.807, 2.05) is 0 Å². The van der Waals surface area contributed by atoms with E-state index in [1.54, 1.807) is 0 Å². The molecule has 0 spiro atoms. The molecule has 0 radical (unpaired) electrons. The van der Waals surface area contributed by atoms with Gasteiger partial charge >= 0.3 is 0 Å². The molecule has 0 fully saturated rings. The molecule has 0 aliphatic carbocycles. The normalized spacial score (nSPS) is 12.2. The minimum absolute atomic E-state index is 0.129. The highest BCUT2D eigenvalue weighted by atomic mass is 28.2. The second-order valence-corrected chi connectivity index (χ2v) is 3.96. The van der Waals surface area contributed by atoms with Crippen molar-refractivity contribution in [1.82, 2.24) is 0 Å². The Kier molecular flexibility index (Phi) is 7.84. The van der Waals surface area contributed by atoms with E-state index in [1.165, 1.54) is 18.9 Å². The summed E-state index contributed by atoms with van der Waals surface area (Å²) < 4.78 is 0. The molecule has 0 atom stereocenters. The van der Waals surface area contributed by atoms with Gasteiger partial charge in [-0.2, -0.15) is 0 Å². The van der Waals surface area contributed by atoms with Crippen molar-refractivity contribution < 1.29 is 0 Å². The Hall–Kier alpha value is -0.0831. The van der Waals surface area contributed by atoms with Gasteiger partial charge in [-0.3, -0.25) is 0 Å². The van der Waals surface area contributed by atoms with E-state index in [-0.39, 0.29) is 9.52 Å².